The number of aromatic nitrogens is 2. The van der Waals surface area contributed by atoms with Gasteiger partial charge in [0, 0.05) is 20.0 Å². The highest BCUT2D eigenvalue weighted by Crippen LogP contribution is 2.21. The number of aromatic amines is 1. The third kappa shape index (κ3) is 3.90. The van der Waals surface area contributed by atoms with Crippen LogP contribution in [0.3, 0.4) is 0 Å². The second-order valence-electron chi connectivity index (χ2n) is 4.87. The maximum absolute atomic E-state index is 11.4. The molecule has 0 aliphatic rings. The first-order valence-electron chi connectivity index (χ1n) is 6.51. The molecule has 1 aromatic carbocycles. The topological polar surface area (TPSA) is 98.1 Å². The largest absolute Gasteiger partial charge is 0.385 e. The first-order valence-corrected chi connectivity index (χ1v) is 8.41. The lowest BCUT2D eigenvalue weighted by Gasteiger charge is -2.07. The lowest BCUT2D eigenvalue weighted by atomic mass is 10.2. The summed E-state index contributed by atoms with van der Waals surface area (Å²) in [6.07, 6.45) is 3.55. The summed E-state index contributed by atoms with van der Waals surface area (Å²) in [6, 6.07) is 6.43. The number of nitrogens with one attached hydrogen (secondary N) is 1. The summed E-state index contributed by atoms with van der Waals surface area (Å²) in [5.74, 6) is 0.689. The normalized spacial score (nSPS) is 13.3. The van der Waals surface area contributed by atoms with Gasteiger partial charge in [0.1, 0.15) is 5.82 Å². The molecule has 0 amide bonds. The molecule has 2 rings (SSSR count). The Hall–Kier alpha value is -1.70. The molecule has 0 aliphatic carbocycles. The van der Waals surface area contributed by atoms with Gasteiger partial charge in [0.15, 0.2) is 9.84 Å². The zero-order valence-electron chi connectivity index (χ0n) is 12.0. The van der Waals surface area contributed by atoms with E-state index in [1.165, 1.54) is 6.26 Å². The number of rotatable bonds is 6. The number of hydrogen-bond acceptors (Lipinski definition) is 5. The minimum atomic E-state index is -3.18. The molecule has 0 spiro atoms. The van der Waals surface area contributed by atoms with E-state index in [1.807, 2.05) is 0 Å². The number of nitrogens with zero attached hydrogens (tertiary/aromatic N) is 1. The van der Waals surface area contributed by atoms with E-state index in [9.17, 15) is 8.42 Å². The van der Waals surface area contributed by atoms with Crippen LogP contribution in [0, 0.1) is 0 Å². The van der Waals surface area contributed by atoms with Gasteiger partial charge in [0.05, 0.1) is 22.8 Å². The van der Waals surface area contributed by atoms with Crippen molar-refractivity contribution in [2.24, 2.45) is 5.73 Å². The molecular formula is C14H19N3O3S. The van der Waals surface area contributed by atoms with Gasteiger partial charge in [-0.2, -0.15) is 0 Å². The highest BCUT2D eigenvalue weighted by molar-refractivity contribution is 7.90. The van der Waals surface area contributed by atoms with Crippen LogP contribution >= 0.6 is 0 Å². The third-order valence-corrected chi connectivity index (χ3v) is 4.30. The number of H-pyrrole nitrogens is 1. The van der Waals surface area contributed by atoms with Gasteiger partial charge in [-0.15, -0.1) is 0 Å². The SMILES string of the molecule is COCCC(N)c1ncc(-c2ccc(S(C)(=O)=O)cc2)[nH]1. The Morgan fingerprint density at radius 1 is 1.33 bits per heavy atom. The van der Waals surface area contributed by atoms with Crippen LogP contribution in [0.5, 0.6) is 0 Å². The van der Waals surface area contributed by atoms with Gasteiger partial charge in [-0.25, -0.2) is 13.4 Å². The molecule has 0 fully saturated rings. The molecule has 114 valence electrons. The van der Waals surface area contributed by atoms with Crippen molar-refractivity contribution in [1.29, 1.82) is 0 Å². The van der Waals surface area contributed by atoms with Crippen LogP contribution in [0.1, 0.15) is 18.3 Å². The number of hydrogen-bond donors (Lipinski definition) is 2. The smallest absolute Gasteiger partial charge is 0.175 e. The number of sulfone groups is 1. The molecule has 2 aromatic rings. The molecule has 0 saturated carbocycles. The van der Waals surface area contributed by atoms with E-state index in [2.05, 4.69) is 9.97 Å². The minimum absolute atomic E-state index is 0.214. The molecule has 6 nitrogen and oxygen atoms in total. The molecular weight excluding hydrogens is 290 g/mol. The standard InChI is InChI=1S/C14H19N3O3S/c1-20-8-7-12(15)14-16-9-13(17-14)10-3-5-11(6-4-10)21(2,18)19/h3-6,9,12H,7-8,15H2,1-2H3,(H,16,17). The van der Waals surface area contributed by atoms with Gasteiger partial charge in [-0.3, -0.25) is 0 Å². The average Bonchev–Trinajstić information content (AvgIpc) is 2.94. The summed E-state index contributed by atoms with van der Waals surface area (Å²) in [5, 5.41) is 0. The molecule has 0 bridgehead atoms. The molecule has 0 aliphatic heterocycles. The van der Waals surface area contributed by atoms with E-state index in [1.54, 1.807) is 37.6 Å². The highest BCUT2D eigenvalue weighted by Gasteiger charge is 2.12. The molecule has 1 heterocycles. The molecule has 1 aromatic heterocycles. The van der Waals surface area contributed by atoms with E-state index in [-0.39, 0.29) is 6.04 Å². The number of ether oxygens (including phenoxy) is 1. The number of benzene rings is 1. The van der Waals surface area contributed by atoms with Crippen molar-refractivity contribution in [1.82, 2.24) is 9.97 Å². The predicted molar refractivity (Wildman–Crippen MR) is 80.6 cm³/mol. The third-order valence-electron chi connectivity index (χ3n) is 3.17. The number of methoxy groups -OCH3 is 1. The molecule has 21 heavy (non-hydrogen) atoms. The van der Waals surface area contributed by atoms with E-state index >= 15 is 0 Å². The van der Waals surface area contributed by atoms with Gasteiger partial charge in [-0.05, 0) is 24.1 Å². The Morgan fingerprint density at radius 3 is 2.57 bits per heavy atom. The lowest BCUT2D eigenvalue weighted by molar-refractivity contribution is 0.187. The zero-order chi connectivity index (χ0) is 15.5. The molecule has 0 radical (unpaired) electrons. The summed E-state index contributed by atoms with van der Waals surface area (Å²) < 4.78 is 27.8. The highest BCUT2D eigenvalue weighted by atomic mass is 32.2. The summed E-state index contributed by atoms with van der Waals surface area (Å²) in [6.45, 7) is 0.570. The van der Waals surface area contributed by atoms with Crippen molar-refractivity contribution in [3.63, 3.8) is 0 Å². The maximum Gasteiger partial charge on any atom is 0.175 e. The van der Waals surface area contributed by atoms with Crippen molar-refractivity contribution >= 4 is 9.84 Å². The second kappa shape index (κ2) is 6.38. The van der Waals surface area contributed by atoms with Gasteiger partial charge in [0.2, 0.25) is 0 Å². The van der Waals surface area contributed by atoms with Crippen molar-refractivity contribution in [2.45, 2.75) is 17.4 Å². The second-order valence-corrected chi connectivity index (χ2v) is 6.88. The Bertz CT molecular complexity index is 693. The summed E-state index contributed by atoms with van der Waals surface area (Å²) in [7, 11) is -1.55. The van der Waals surface area contributed by atoms with Crippen LogP contribution in [-0.4, -0.2) is 38.4 Å². The summed E-state index contributed by atoms with van der Waals surface area (Å²) in [5.41, 5.74) is 7.67. The van der Waals surface area contributed by atoms with Gasteiger partial charge in [0.25, 0.3) is 0 Å². The zero-order valence-corrected chi connectivity index (χ0v) is 12.9. The summed E-state index contributed by atoms with van der Waals surface area (Å²) >= 11 is 0. The fourth-order valence-electron chi connectivity index (χ4n) is 1.93. The Kier molecular flexibility index (Phi) is 4.76. The van der Waals surface area contributed by atoms with Crippen molar-refractivity contribution < 1.29 is 13.2 Å². The van der Waals surface area contributed by atoms with Crippen molar-refractivity contribution in [2.75, 3.05) is 20.0 Å². The van der Waals surface area contributed by atoms with E-state index in [0.29, 0.717) is 23.7 Å². The quantitative estimate of drug-likeness (QED) is 0.843. The molecule has 1 unspecified atom stereocenters. The Labute approximate surface area is 124 Å². The van der Waals surface area contributed by atoms with E-state index < -0.39 is 9.84 Å². The van der Waals surface area contributed by atoms with Gasteiger partial charge >= 0.3 is 0 Å². The molecule has 0 saturated heterocycles. The fourth-order valence-corrected chi connectivity index (χ4v) is 2.57. The van der Waals surface area contributed by atoms with Crippen LogP contribution in [0.4, 0.5) is 0 Å². The first kappa shape index (κ1) is 15.7. The number of imidazole rings is 1. The Morgan fingerprint density at radius 2 is 2.00 bits per heavy atom. The van der Waals surface area contributed by atoms with Gasteiger partial charge < -0.3 is 15.5 Å². The van der Waals surface area contributed by atoms with Crippen LogP contribution < -0.4 is 5.73 Å². The lowest BCUT2D eigenvalue weighted by Crippen LogP contribution is -2.14. The fraction of sp³-hybridized carbons (Fsp3) is 0.357. The monoisotopic (exact) mass is 309 g/mol. The van der Waals surface area contributed by atoms with Crippen LogP contribution in [0.25, 0.3) is 11.3 Å². The average molecular weight is 309 g/mol. The van der Waals surface area contributed by atoms with Crippen molar-refractivity contribution in [3.8, 4) is 11.3 Å². The number of nitrogens with two attached hydrogens (primary N) is 1. The molecule has 7 heteroatoms. The van der Waals surface area contributed by atoms with Crippen LogP contribution in [0.15, 0.2) is 35.4 Å². The minimum Gasteiger partial charge on any atom is -0.385 e. The van der Waals surface area contributed by atoms with Gasteiger partial charge in [-0.1, -0.05) is 12.1 Å². The molecule has 3 N–H and O–H groups in total. The Balaban J connectivity index is 2.18. The van der Waals surface area contributed by atoms with Crippen LogP contribution in [0.2, 0.25) is 0 Å². The maximum atomic E-state index is 11.4. The molecule has 1 atom stereocenters. The predicted octanol–water partition coefficient (Wildman–Crippen LogP) is 1.52. The van der Waals surface area contributed by atoms with E-state index in [0.717, 1.165) is 11.3 Å². The summed E-state index contributed by atoms with van der Waals surface area (Å²) in [4.78, 5) is 7.71. The first-order chi connectivity index (χ1) is 9.91. The van der Waals surface area contributed by atoms with Crippen LogP contribution in [-0.2, 0) is 14.6 Å². The van der Waals surface area contributed by atoms with E-state index in [4.69, 9.17) is 10.5 Å². The van der Waals surface area contributed by atoms with Crippen molar-refractivity contribution in [3.05, 3.63) is 36.3 Å².